The topological polar surface area (TPSA) is 125 Å². The Labute approximate surface area is 318 Å². The number of hydrogen-bond donors (Lipinski definition) is 3. The van der Waals surface area contributed by atoms with Crippen LogP contribution < -0.4 is 73.6 Å². The number of alkyl halides is 2. The molecule has 3 N–H and O–H groups in total. The zero-order chi connectivity index (χ0) is 31.4. The van der Waals surface area contributed by atoms with Crippen molar-refractivity contribution in [3.05, 3.63) is 90.4 Å². The molecule has 0 bridgehead atoms. The summed E-state index contributed by atoms with van der Waals surface area (Å²) in [5.41, 5.74) is 2.12. The molecule has 5 rings (SSSR count). The van der Waals surface area contributed by atoms with Crippen LogP contribution in [0.4, 0.5) is 13.2 Å². The number of rotatable bonds is 9. The van der Waals surface area contributed by atoms with Crippen molar-refractivity contribution in [1.29, 1.82) is 0 Å². The molecule has 0 saturated carbocycles. The van der Waals surface area contributed by atoms with Crippen LogP contribution in [0.5, 0.6) is 5.75 Å². The van der Waals surface area contributed by atoms with Gasteiger partial charge in [0.15, 0.2) is 6.29 Å². The smallest absolute Gasteiger partial charge is 0.434 e. The summed E-state index contributed by atoms with van der Waals surface area (Å²) in [7, 11) is -1.35. The summed E-state index contributed by atoms with van der Waals surface area (Å²) in [6.45, 7) is 1.75. The van der Waals surface area contributed by atoms with Crippen molar-refractivity contribution in [2.24, 2.45) is 0 Å². The number of aldehydes is 1. The molecular formula is C31H34CsF3N3O6P. The van der Waals surface area contributed by atoms with Crippen LogP contribution in [0.2, 0.25) is 0 Å². The average molecular weight is 766 g/mol. The van der Waals surface area contributed by atoms with E-state index >= 15 is 4.39 Å². The molecule has 3 atom stereocenters. The number of carbonyl (C=O) groups is 1. The van der Waals surface area contributed by atoms with Crippen molar-refractivity contribution in [3.63, 3.8) is 0 Å². The second-order valence-electron chi connectivity index (χ2n) is 11.1. The monoisotopic (exact) mass is 765 g/mol. The Morgan fingerprint density at radius 1 is 1.11 bits per heavy atom. The van der Waals surface area contributed by atoms with Gasteiger partial charge in [0.1, 0.15) is 17.4 Å². The first-order valence-electron chi connectivity index (χ1n) is 13.4. The molecule has 1 aromatic heterocycles. The van der Waals surface area contributed by atoms with Crippen molar-refractivity contribution in [3.8, 4) is 16.9 Å². The minimum atomic E-state index is -3.24. The van der Waals surface area contributed by atoms with E-state index < -0.39 is 43.4 Å². The van der Waals surface area contributed by atoms with Gasteiger partial charge in [-0.1, -0.05) is 37.3 Å². The predicted molar refractivity (Wildman–Crippen MR) is 161 cm³/mol. The Hall–Kier alpha value is -1.49. The van der Waals surface area contributed by atoms with E-state index in [1.54, 1.807) is 55.2 Å². The summed E-state index contributed by atoms with van der Waals surface area (Å²) in [5, 5.41) is 29.9. The van der Waals surface area contributed by atoms with Gasteiger partial charge in [-0.2, -0.15) is 8.78 Å². The standard InChI is InChI=1S/C30H31F3N3O6P.CH3.Cs/c1-16(43(3,4)41)20-10-8-17(12-21(20)31)18-9-11-22-23(13-18)36-24(14-25(28(36)34-22)35(2)30(38,39)40)27-19(15-37)6-5-7-26(27)42-29(32)33;;/h5-13,15-16,24-25,29,38-40H,14H2,1-4H3;1H3;/q;-1;+1/t16?,24-,25?;;/m1../s1. The minimum absolute atomic E-state index is 0. The van der Waals surface area contributed by atoms with Gasteiger partial charge < -0.3 is 36.6 Å². The third kappa shape index (κ3) is 7.49. The van der Waals surface area contributed by atoms with Gasteiger partial charge in [0.25, 0.3) is 0 Å². The molecule has 236 valence electrons. The van der Waals surface area contributed by atoms with E-state index in [1.807, 2.05) is 0 Å². The summed E-state index contributed by atoms with van der Waals surface area (Å²) in [6.07, 6.45) is -2.72. The Morgan fingerprint density at radius 3 is 2.33 bits per heavy atom. The first-order chi connectivity index (χ1) is 20.1. The molecule has 0 spiro atoms. The maximum atomic E-state index is 15.2. The van der Waals surface area contributed by atoms with Crippen molar-refractivity contribution in [2.75, 3.05) is 20.4 Å². The molecule has 2 unspecified atom stereocenters. The summed E-state index contributed by atoms with van der Waals surface area (Å²) in [4.78, 5) is 17.6. The van der Waals surface area contributed by atoms with Gasteiger partial charge >= 0.3 is 81.6 Å². The molecule has 1 aliphatic heterocycles. The Bertz CT molecular complexity index is 1760. The van der Waals surface area contributed by atoms with E-state index in [1.165, 1.54) is 31.3 Å². The number of ether oxygens (including phenoxy) is 1. The molecule has 0 aliphatic carbocycles. The molecule has 0 fully saturated rings. The van der Waals surface area contributed by atoms with Gasteiger partial charge in [0, 0.05) is 16.8 Å². The molecule has 0 amide bonds. The largest absolute Gasteiger partial charge is 1.00 e. The summed E-state index contributed by atoms with van der Waals surface area (Å²) in [6, 6.07) is 12.2. The normalized spacial score (nSPS) is 17.2. The fourth-order valence-electron chi connectivity index (χ4n) is 5.66. The molecule has 1 aliphatic rings. The molecular weight excluding hydrogens is 731 g/mol. The van der Waals surface area contributed by atoms with E-state index in [2.05, 4.69) is 4.98 Å². The van der Waals surface area contributed by atoms with Gasteiger partial charge in [0.2, 0.25) is 0 Å². The fraction of sp³-hybridized carbons (Fsp3) is 0.323. The van der Waals surface area contributed by atoms with Crippen LogP contribution in [-0.4, -0.2) is 69.1 Å². The van der Waals surface area contributed by atoms with Gasteiger partial charge in [-0.25, -0.2) is 14.3 Å². The summed E-state index contributed by atoms with van der Waals surface area (Å²) < 4.78 is 61.1. The number of aliphatic hydroxyl groups is 3. The van der Waals surface area contributed by atoms with Gasteiger partial charge in [0.05, 0.1) is 30.3 Å². The first-order valence-corrected chi connectivity index (χ1v) is 16.1. The molecule has 0 saturated heterocycles. The second-order valence-corrected chi connectivity index (χ2v) is 14.8. The third-order valence-corrected chi connectivity index (χ3v) is 10.3. The van der Waals surface area contributed by atoms with Crippen LogP contribution in [0.3, 0.4) is 0 Å². The summed E-state index contributed by atoms with van der Waals surface area (Å²) >= 11 is 0. The Balaban J connectivity index is 0.00000276. The average Bonchev–Trinajstić information content (AvgIpc) is 3.47. The van der Waals surface area contributed by atoms with Gasteiger partial charge in [-0.05, 0) is 67.8 Å². The number of aromatic nitrogens is 2. The summed E-state index contributed by atoms with van der Waals surface area (Å²) in [5.74, 6) is -0.483. The number of halogens is 3. The number of nitrogens with zero attached hydrogens (tertiary/aromatic N) is 3. The Kier molecular flexibility index (Phi) is 12.1. The number of carbonyl (C=O) groups excluding carboxylic acids is 1. The van der Waals surface area contributed by atoms with Gasteiger partial charge in [-0.3, -0.25) is 4.79 Å². The molecule has 14 heteroatoms. The van der Waals surface area contributed by atoms with E-state index in [0.717, 1.165) is 4.90 Å². The number of fused-ring (bicyclic) bond motifs is 3. The van der Waals surface area contributed by atoms with Crippen molar-refractivity contribution < 1.29 is 111 Å². The van der Waals surface area contributed by atoms with Crippen molar-refractivity contribution >= 4 is 24.5 Å². The number of hydrogen-bond acceptors (Lipinski definition) is 8. The molecule has 3 aromatic carbocycles. The van der Waals surface area contributed by atoms with Crippen molar-refractivity contribution in [2.45, 2.75) is 43.8 Å². The molecule has 9 nitrogen and oxygen atoms in total. The Morgan fingerprint density at radius 2 is 1.76 bits per heavy atom. The molecule has 2 heterocycles. The predicted octanol–water partition coefficient (Wildman–Crippen LogP) is 2.95. The first kappa shape index (κ1) is 38.0. The van der Waals surface area contributed by atoms with Crippen LogP contribution in [0.1, 0.15) is 58.4 Å². The maximum absolute atomic E-state index is 15.2. The SMILES string of the molecule is CC(c1ccc(-c2ccc3nc4n(c3c2)[C@@H](c2c(C=O)cccc2OC(F)F)CC4N(C)C(O)(O)O)cc1F)P(C)(C)=O.[CH3-].[Cs+]. The van der Waals surface area contributed by atoms with E-state index in [-0.39, 0.29) is 105 Å². The quantitative estimate of drug-likeness (QED) is 0.103. The van der Waals surface area contributed by atoms with Gasteiger partial charge in [-0.15, -0.1) is 0 Å². The molecule has 45 heavy (non-hydrogen) atoms. The van der Waals surface area contributed by atoms with Crippen LogP contribution in [0.25, 0.3) is 22.2 Å². The van der Waals surface area contributed by atoms with Crippen LogP contribution in [0.15, 0.2) is 54.6 Å². The van der Waals surface area contributed by atoms with Crippen LogP contribution in [0, 0.1) is 13.2 Å². The molecule has 0 radical (unpaired) electrons. The van der Waals surface area contributed by atoms with E-state index in [0.29, 0.717) is 34.0 Å². The number of imidazole rings is 1. The minimum Gasteiger partial charge on any atom is -0.434 e. The van der Waals surface area contributed by atoms with E-state index in [9.17, 15) is 33.5 Å². The zero-order valence-corrected chi connectivity index (χ0v) is 33.0. The zero-order valence-electron chi connectivity index (χ0n) is 25.8. The second kappa shape index (κ2) is 14.3. The third-order valence-electron chi connectivity index (χ3n) is 8.21. The van der Waals surface area contributed by atoms with Crippen molar-refractivity contribution in [1.82, 2.24) is 14.5 Å². The van der Waals surface area contributed by atoms with E-state index in [4.69, 9.17) is 4.74 Å². The fourth-order valence-corrected chi connectivity index (χ4v) is 6.54. The van der Waals surface area contributed by atoms with Crippen LogP contribution in [-0.2, 0) is 4.57 Å². The maximum Gasteiger partial charge on any atom is 1.00 e. The van der Waals surface area contributed by atoms with Crippen LogP contribution >= 0.6 is 7.14 Å². The number of benzene rings is 3. The molecule has 4 aromatic rings.